The van der Waals surface area contributed by atoms with Gasteiger partial charge in [-0.2, -0.15) is 0 Å². The lowest BCUT2D eigenvalue weighted by atomic mass is 10.0. The second-order valence-electron chi connectivity index (χ2n) is 7.14. The van der Waals surface area contributed by atoms with Crippen molar-refractivity contribution in [2.45, 2.75) is 26.3 Å². The maximum atomic E-state index is 12.7. The Morgan fingerprint density at radius 3 is 2.46 bits per heavy atom. The minimum absolute atomic E-state index is 0.0577. The summed E-state index contributed by atoms with van der Waals surface area (Å²) < 4.78 is 25.6. The van der Waals surface area contributed by atoms with Crippen molar-refractivity contribution < 1.29 is 13.2 Å². The molecule has 0 spiro atoms. The quantitative estimate of drug-likeness (QED) is 0.567. The average molecular weight is 401 g/mol. The van der Waals surface area contributed by atoms with Gasteiger partial charge in [0, 0.05) is 0 Å². The van der Waals surface area contributed by atoms with E-state index in [-0.39, 0.29) is 24.3 Å². The van der Waals surface area contributed by atoms with Gasteiger partial charge in [0.15, 0.2) is 0 Å². The Bertz CT molecular complexity index is 1060. The van der Waals surface area contributed by atoms with E-state index in [0.29, 0.717) is 17.1 Å². The maximum absolute atomic E-state index is 12.7. The molecule has 0 radical (unpaired) electrons. The van der Waals surface area contributed by atoms with Crippen LogP contribution < -0.4 is 10.0 Å². The lowest BCUT2D eigenvalue weighted by molar-refractivity contribution is -0.121. The first-order chi connectivity index (χ1) is 13.2. The summed E-state index contributed by atoms with van der Waals surface area (Å²) in [4.78, 5) is 20.6. The van der Waals surface area contributed by atoms with Crippen molar-refractivity contribution in [3.05, 3.63) is 59.9 Å². The van der Waals surface area contributed by atoms with Crippen molar-refractivity contribution in [3.8, 4) is 0 Å². The van der Waals surface area contributed by atoms with E-state index >= 15 is 0 Å². The van der Waals surface area contributed by atoms with Crippen molar-refractivity contribution in [1.29, 1.82) is 0 Å². The van der Waals surface area contributed by atoms with Gasteiger partial charge in [-0.15, -0.1) is 0 Å². The number of para-hydroxylation sites is 3. The van der Waals surface area contributed by atoms with Gasteiger partial charge in [-0.05, 0) is 29.7 Å². The smallest absolute Gasteiger partial charge is 0.229 e. The molecule has 28 heavy (non-hydrogen) atoms. The minimum Gasteiger partial charge on any atom is -0.346 e. The molecule has 3 aromatic rings. The van der Waals surface area contributed by atoms with E-state index in [4.69, 9.17) is 0 Å². The molecule has 1 amide bonds. The van der Waals surface area contributed by atoms with Gasteiger partial charge in [0.1, 0.15) is 5.82 Å². The molecular formula is C20H24N4O3S. The third kappa shape index (κ3) is 4.89. The van der Waals surface area contributed by atoms with Crippen molar-refractivity contribution >= 4 is 32.7 Å². The number of H-pyrrole nitrogens is 1. The summed E-state index contributed by atoms with van der Waals surface area (Å²) in [6.45, 7) is 4.02. The number of nitrogens with one attached hydrogen (secondary N) is 3. The molecule has 3 rings (SSSR count). The largest absolute Gasteiger partial charge is 0.346 e. The number of imidazole rings is 1. The monoisotopic (exact) mass is 400 g/mol. The molecule has 8 heteroatoms. The lowest BCUT2D eigenvalue weighted by Crippen LogP contribution is -2.33. The fourth-order valence-corrected chi connectivity index (χ4v) is 3.64. The van der Waals surface area contributed by atoms with Gasteiger partial charge in [-0.25, -0.2) is 13.4 Å². The van der Waals surface area contributed by atoms with E-state index < -0.39 is 10.0 Å². The van der Waals surface area contributed by atoms with Gasteiger partial charge in [-0.1, -0.05) is 44.2 Å². The maximum Gasteiger partial charge on any atom is 0.229 e. The highest BCUT2D eigenvalue weighted by Crippen LogP contribution is 2.23. The van der Waals surface area contributed by atoms with Crippen LogP contribution in [0.4, 0.5) is 5.69 Å². The molecule has 1 heterocycles. The molecule has 148 valence electrons. The van der Waals surface area contributed by atoms with Crippen LogP contribution in [0.2, 0.25) is 0 Å². The van der Waals surface area contributed by atoms with Crippen molar-refractivity contribution in [2.24, 2.45) is 5.92 Å². The number of nitrogens with zero attached hydrogens (tertiary/aromatic N) is 1. The molecule has 2 aromatic carbocycles. The van der Waals surface area contributed by atoms with E-state index in [1.165, 1.54) is 0 Å². The van der Waals surface area contributed by atoms with Gasteiger partial charge in [-0.3, -0.25) is 9.52 Å². The number of aromatic nitrogens is 2. The SMILES string of the molecule is CC(C)C(NC(=O)Cc1ccccc1NS(C)(=O)=O)c1nc2ccccc2[nH]1. The molecule has 0 aliphatic carbocycles. The first kappa shape index (κ1) is 19.9. The van der Waals surface area contributed by atoms with Crippen LogP contribution in [0, 0.1) is 5.92 Å². The van der Waals surface area contributed by atoms with Gasteiger partial charge in [0.05, 0.1) is 35.4 Å². The molecule has 0 bridgehead atoms. The topological polar surface area (TPSA) is 104 Å². The molecular weight excluding hydrogens is 376 g/mol. The van der Waals surface area contributed by atoms with Crippen LogP contribution in [0.15, 0.2) is 48.5 Å². The zero-order chi connectivity index (χ0) is 20.3. The second-order valence-corrected chi connectivity index (χ2v) is 8.89. The second kappa shape index (κ2) is 8.02. The molecule has 1 unspecified atom stereocenters. The summed E-state index contributed by atoms with van der Waals surface area (Å²) in [6, 6.07) is 14.3. The third-order valence-electron chi connectivity index (χ3n) is 4.35. The van der Waals surface area contributed by atoms with Crippen molar-refractivity contribution in [3.63, 3.8) is 0 Å². The van der Waals surface area contributed by atoms with Gasteiger partial charge >= 0.3 is 0 Å². The number of aromatic amines is 1. The van der Waals surface area contributed by atoms with E-state index in [2.05, 4.69) is 20.0 Å². The fraction of sp³-hybridized carbons (Fsp3) is 0.300. The van der Waals surface area contributed by atoms with Crippen molar-refractivity contribution in [1.82, 2.24) is 15.3 Å². The molecule has 1 atom stereocenters. The van der Waals surface area contributed by atoms with Crippen LogP contribution in [0.5, 0.6) is 0 Å². The minimum atomic E-state index is -3.43. The van der Waals surface area contributed by atoms with Gasteiger partial charge in [0.2, 0.25) is 15.9 Å². The number of hydrogen-bond donors (Lipinski definition) is 3. The Morgan fingerprint density at radius 2 is 1.79 bits per heavy atom. The number of benzene rings is 2. The zero-order valence-corrected chi connectivity index (χ0v) is 16.9. The number of carbonyl (C=O) groups is 1. The molecule has 0 saturated heterocycles. The van der Waals surface area contributed by atoms with Crippen LogP contribution >= 0.6 is 0 Å². The van der Waals surface area contributed by atoms with Crippen LogP contribution in [0.25, 0.3) is 11.0 Å². The first-order valence-electron chi connectivity index (χ1n) is 9.02. The predicted molar refractivity (Wildman–Crippen MR) is 110 cm³/mol. The first-order valence-corrected chi connectivity index (χ1v) is 10.9. The summed E-state index contributed by atoms with van der Waals surface area (Å²) in [6.07, 6.45) is 1.14. The van der Waals surface area contributed by atoms with Gasteiger partial charge < -0.3 is 10.3 Å². The van der Waals surface area contributed by atoms with Gasteiger partial charge in [0.25, 0.3) is 0 Å². The van der Waals surface area contributed by atoms with Crippen molar-refractivity contribution in [2.75, 3.05) is 11.0 Å². The number of rotatable bonds is 7. The number of carbonyl (C=O) groups excluding carboxylic acids is 1. The van der Waals surface area contributed by atoms with Crippen LogP contribution in [0.1, 0.15) is 31.3 Å². The lowest BCUT2D eigenvalue weighted by Gasteiger charge is -2.21. The average Bonchev–Trinajstić information content (AvgIpc) is 3.03. The fourth-order valence-electron chi connectivity index (χ4n) is 3.04. The molecule has 1 aromatic heterocycles. The molecule has 0 aliphatic rings. The van der Waals surface area contributed by atoms with E-state index in [1.54, 1.807) is 24.3 Å². The number of sulfonamides is 1. The predicted octanol–water partition coefficient (Wildman–Crippen LogP) is 2.99. The number of fused-ring (bicyclic) bond motifs is 1. The standard InChI is InChI=1S/C20H24N4O3S/c1-13(2)19(20-21-16-10-6-7-11-17(16)22-20)23-18(25)12-14-8-4-5-9-15(14)24-28(3,26)27/h4-11,13,19,24H,12H2,1-3H3,(H,21,22)(H,23,25). The highest BCUT2D eigenvalue weighted by molar-refractivity contribution is 7.92. The van der Waals surface area contributed by atoms with E-state index in [9.17, 15) is 13.2 Å². The molecule has 3 N–H and O–H groups in total. The normalized spacial score (nSPS) is 12.9. The van der Waals surface area contributed by atoms with Crippen LogP contribution in [-0.4, -0.2) is 30.5 Å². The third-order valence-corrected chi connectivity index (χ3v) is 4.94. The van der Waals surface area contributed by atoms with E-state index in [1.807, 2.05) is 38.1 Å². The van der Waals surface area contributed by atoms with Crippen LogP contribution in [-0.2, 0) is 21.2 Å². The summed E-state index contributed by atoms with van der Waals surface area (Å²) in [5.74, 6) is 0.614. The Balaban J connectivity index is 1.79. The highest BCUT2D eigenvalue weighted by atomic mass is 32.2. The number of anilines is 1. The summed E-state index contributed by atoms with van der Waals surface area (Å²) >= 11 is 0. The number of amides is 1. The number of hydrogen-bond acceptors (Lipinski definition) is 4. The Hall–Kier alpha value is -2.87. The molecule has 0 fully saturated rings. The summed E-state index contributed by atoms with van der Waals surface area (Å²) in [7, 11) is -3.43. The Labute approximate surface area is 164 Å². The zero-order valence-electron chi connectivity index (χ0n) is 16.1. The Morgan fingerprint density at radius 1 is 1.11 bits per heavy atom. The van der Waals surface area contributed by atoms with E-state index in [0.717, 1.165) is 17.3 Å². The Kier molecular flexibility index (Phi) is 5.69. The summed E-state index contributed by atoms with van der Waals surface area (Å²) in [5.41, 5.74) is 2.78. The van der Waals surface area contributed by atoms with Crippen LogP contribution in [0.3, 0.4) is 0 Å². The highest BCUT2D eigenvalue weighted by Gasteiger charge is 2.22. The molecule has 0 saturated carbocycles. The molecule has 7 nitrogen and oxygen atoms in total. The molecule has 0 aliphatic heterocycles. The summed E-state index contributed by atoms with van der Waals surface area (Å²) in [5, 5.41) is 3.02.